The third-order valence-electron chi connectivity index (χ3n) is 9.74. The number of hydrogen-bond donors (Lipinski definition) is 2. The quantitative estimate of drug-likeness (QED) is 0.654. The Hall–Kier alpha value is -2.38. The number of nitrogens with zero attached hydrogens (tertiary/aromatic N) is 1. The molecule has 182 valence electrons. The number of Topliss-reactive ketones (excluding diaryl/α,β-unsaturated/α-hetero) is 1. The van der Waals surface area contributed by atoms with Crippen LogP contribution in [0.1, 0.15) is 69.2 Å². The molecular weight excluding hydrogens is 434 g/mol. The highest BCUT2D eigenvalue weighted by molar-refractivity contribution is 5.94. The summed E-state index contributed by atoms with van der Waals surface area (Å²) in [5.74, 6) is -0.725. The van der Waals surface area contributed by atoms with Gasteiger partial charge < -0.3 is 14.9 Å². The zero-order valence-electron chi connectivity index (χ0n) is 19.8. The van der Waals surface area contributed by atoms with Crippen molar-refractivity contribution in [1.82, 2.24) is 4.98 Å². The fourth-order valence-corrected chi connectivity index (χ4v) is 7.97. The summed E-state index contributed by atoms with van der Waals surface area (Å²) in [6, 6.07) is 3.17. The number of pyridine rings is 1. The number of ether oxygens (including phenoxy) is 1. The summed E-state index contributed by atoms with van der Waals surface area (Å²) in [4.78, 5) is 41.5. The zero-order valence-corrected chi connectivity index (χ0v) is 19.8. The molecule has 7 nitrogen and oxygen atoms in total. The van der Waals surface area contributed by atoms with E-state index in [0.29, 0.717) is 25.7 Å². The molecule has 0 bridgehead atoms. The zero-order chi connectivity index (χ0) is 24.3. The van der Waals surface area contributed by atoms with Gasteiger partial charge in [0, 0.05) is 24.2 Å². The molecule has 0 aromatic carbocycles. The molecule has 1 heterocycles. The van der Waals surface area contributed by atoms with E-state index in [2.05, 4.69) is 11.9 Å². The number of aromatic nitrogens is 1. The Bertz CT molecular complexity index is 1050. The maximum atomic E-state index is 13.3. The lowest BCUT2D eigenvalue weighted by Gasteiger charge is -2.60. The van der Waals surface area contributed by atoms with Crippen LogP contribution in [0.15, 0.2) is 36.2 Å². The molecule has 0 radical (unpaired) electrons. The molecule has 2 N–H and O–H groups in total. The SMILES string of the molecule is C[C@]12CCC(=O)C=C1CC[C@@H]1[C@@H]2[C@@H](O)C[C@@]2(C)[C@H]1CC[C@]2(O)C(=O)COC(=O)c1cccnc1. The number of aliphatic hydroxyl groups is 2. The minimum Gasteiger partial charge on any atom is -0.454 e. The van der Waals surface area contributed by atoms with Crippen molar-refractivity contribution in [2.24, 2.45) is 28.6 Å². The summed E-state index contributed by atoms with van der Waals surface area (Å²) in [7, 11) is 0. The van der Waals surface area contributed by atoms with Crippen molar-refractivity contribution in [3.8, 4) is 0 Å². The molecule has 0 unspecified atom stereocenters. The molecule has 3 saturated carbocycles. The van der Waals surface area contributed by atoms with Gasteiger partial charge in [-0.2, -0.15) is 0 Å². The van der Waals surface area contributed by atoms with Crippen molar-refractivity contribution < 1.29 is 29.3 Å². The molecular formula is C27H33NO6. The van der Waals surface area contributed by atoms with Crippen LogP contribution in [0.25, 0.3) is 0 Å². The molecule has 7 heteroatoms. The van der Waals surface area contributed by atoms with Gasteiger partial charge in [0.1, 0.15) is 5.60 Å². The summed E-state index contributed by atoms with van der Waals surface area (Å²) < 4.78 is 5.23. The normalized spacial score (nSPS) is 41.1. The topological polar surface area (TPSA) is 114 Å². The predicted octanol–water partition coefficient (Wildman–Crippen LogP) is 3.04. The second-order valence-corrected chi connectivity index (χ2v) is 11.2. The number of carbonyl (C=O) groups excluding carboxylic acids is 3. The average molecular weight is 468 g/mol. The van der Waals surface area contributed by atoms with Gasteiger partial charge in [-0.25, -0.2) is 4.79 Å². The fourth-order valence-electron chi connectivity index (χ4n) is 7.97. The second kappa shape index (κ2) is 8.09. The highest BCUT2D eigenvalue weighted by Gasteiger charge is 2.68. The number of carbonyl (C=O) groups is 3. The van der Waals surface area contributed by atoms with E-state index in [1.54, 1.807) is 24.4 Å². The Kier molecular flexibility index (Phi) is 5.56. The van der Waals surface area contributed by atoms with Gasteiger partial charge >= 0.3 is 5.97 Å². The van der Waals surface area contributed by atoms with Crippen LogP contribution in [0.3, 0.4) is 0 Å². The van der Waals surface area contributed by atoms with Gasteiger partial charge in [-0.15, -0.1) is 0 Å². The highest BCUT2D eigenvalue weighted by Crippen LogP contribution is 2.67. The standard InChI is InChI=1S/C27H33NO6/c1-25-9-7-18(29)12-17(25)5-6-19-20-8-10-27(33,26(20,2)13-21(30)23(19)25)22(31)15-34-24(32)16-4-3-11-28-14-16/h3-4,11-12,14,19-21,23,30,33H,5-10,13,15H2,1-2H3/t19-,20-,21-,23+,25-,26-,27-/m0/s1. The van der Waals surface area contributed by atoms with Gasteiger partial charge in [0.05, 0.1) is 11.7 Å². The number of esters is 1. The van der Waals surface area contributed by atoms with E-state index in [-0.39, 0.29) is 34.5 Å². The second-order valence-electron chi connectivity index (χ2n) is 11.2. The van der Waals surface area contributed by atoms with Gasteiger partial charge in [-0.05, 0) is 79.9 Å². The number of hydrogen-bond acceptors (Lipinski definition) is 7. The number of aliphatic hydroxyl groups excluding tert-OH is 1. The molecule has 0 spiro atoms. The monoisotopic (exact) mass is 467 g/mol. The highest BCUT2D eigenvalue weighted by atomic mass is 16.5. The first kappa shape index (κ1) is 23.4. The van der Waals surface area contributed by atoms with Crippen LogP contribution in [-0.4, -0.2) is 51.0 Å². The fraction of sp³-hybridized carbons (Fsp3) is 0.630. The van der Waals surface area contributed by atoms with Gasteiger partial charge in [0.15, 0.2) is 12.4 Å². The van der Waals surface area contributed by atoms with Crippen LogP contribution in [0, 0.1) is 28.6 Å². The van der Waals surface area contributed by atoms with Gasteiger partial charge in [0.2, 0.25) is 5.78 Å². The Balaban J connectivity index is 1.37. The molecule has 3 fully saturated rings. The van der Waals surface area contributed by atoms with E-state index in [1.165, 1.54) is 6.20 Å². The van der Waals surface area contributed by atoms with Crippen LogP contribution in [0.4, 0.5) is 0 Å². The van der Waals surface area contributed by atoms with Crippen LogP contribution in [-0.2, 0) is 14.3 Å². The third kappa shape index (κ3) is 3.31. The maximum Gasteiger partial charge on any atom is 0.340 e. The lowest BCUT2D eigenvalue weighted by Crippen LogP contribution is -2.62. The smallest absolute Gasteiger partial charge is 0.340 e. The number of rotatable bonds is 4. The molecule has 34 heavy (non-hydrogen) atoms. The molecule has 7 atom stereocenters. The third-order valence-corrected chi connectivity index (χ3v) is 9.74. The average Bonchev–Trinajstić information content (AvgIpc) is 3.09. The first-order valence-corrected chi connectivity index (χ1v) is 12.3. The Morgan fingerprint density at radius 2 is 2.00 bits per heavy atom. The van der Waals surface area contributed by atoms with Crippen molar-refractivity contribution in [2.45, 2.75) is 70.5 Å². The minimum atomic E-state index is -1.65. The van der Waals surface area contributed by atoms with E-state index < -0.39 is 35.5 Å². The van der Waals surface area contributed by atoms with Crippen LogP contribution >= 0.6 is 0 Å². The van der Waals surface area contributed by atoms with Crippen LogP contribution < -0.4 is 0 Å². The molecule has 5 rings (SSSR count). The van der Waals surface area contributed by atoms with E-state index in [1.807, 2.05) is 6.92 Å². The van der Waals surface area contributed by atoms with E-state index in [9.17, 15) is 24.6 Å². The summed E-state index contributed by atoms with van der Waals surface area (Å²) in [6.07, 6.45) is 8.24. The van der Waals surface area contributed by atoms with Crippen molar-refractivity contribution in [2.75, 3.05) is 6.61 Å². The minimum absolute atomic E-state index is 0.0135. The van der Waals surface area contributed by atoms with Gasteiger partial charge in [-0.1, -0.05) is 19.4 Å². The lowest BCUT2D eigenvalue weighted by atomic mass is 9.45. The number of ketones is 2. The molecule has 0 saturated heterocycles. The molecule has 1 aromatic heterocycles. The van der Waals surface area contributed by atoms with Gasteiger partial charge in [-0.3, -0.25) is 14.6 Å². The maximum absolute atomic E-state index is 13.3. The Morgan fingerprint density at radius 1 is 1.21 bits per heavy atom. The van der Waals surface area contributed by atoms with Crippen molar-refractivity contribution >= 4 is 17.5 Å². The summed E-state index contributed by atoms with van der Waals surface area (Å²) in [5.41, 5.74) is -1.27. The lowest BCUT2D eigenvalue weighted by molar-refractivity contribution is -0.182. The molecule has 0 aliphatic heterocycles. The Labute approximate surface area is 199 Å². The van der Waals surface area contributed by atoms with Crippen molar-refractivity contribution in [3.63, 3.8) is 0 Å². The molecule has 0 amide bonds. The first-order valence-electron chi connectivity index (χ1n) is 12.3. The summed E-state index contributed by atoms with van der Waals surface area (Å²) in [5, 5.41) is 23.2. The number of fused-ring (bicyclic) bond motifs is 5. The Morgan fingerprint density at radius 3 is 2.74 bits per heavy atom. The van der Waals surface area contributed by atoms with E-state index in [4.69, 9.17) is 4.74 Å². The van der Waals surface area contributed by atoms with Crippen molar-refractivity contribution in [3.05, 3.63) is 41.7 Å². The van der Waals surface area contributed by atoms with E-state index in [0.717, 1.165) is 24.8 Å². The first-order chi connectivity index (χ1) is 16.1. The summed E-state index contributed by atoms with van der Waals surface area (Å²) >= 11 is 0. The molecule has 1 aromatic rings. The van der Waals surface area contributed by atoms with Crippen LogP contribution in [0.2, 0.25) is 0 Å². The van der Waals surface area contributed by atoms with E-state index >= 15 is 0 Å². The molecule has 4 aliphatic carbocycles. The van der Waals surface area contributed by atoms with Crippen LogP contribution in [0.5, 0.6) is 0 Å². The predicted molar refractivity (Wildman–Crippen MR) is 123 cm³/mol. The van der Waals surface area contributed by atoms with Crippen molar-refractivity contribution in [1.29, 1.82) is 0 Å². The largest absolute Gasteiger partial charge is 0.454 e. The van der Waals surface area contributed by atoms with Gasteiger partial charge in [0.25, 0.3) is 0 Å². The summed E-state index contributed by atoms with van der Waals surface area (Å²) in [6.45, 7) is 3.59. The number of allylic oxidation sites excluding steroid dienone is 1. The molecule has 4 aliphatic rings.